The number of amides is 3. The monoisotopic (exact) mass is 513 g/mol. The highest BCUT2D eigenvalue weighted by Crippen LogP contribution is 2.70. The molecule has 4 aliphatic carbocycles. The summed E-state index contributed by atoms with van der Waals surface area (Å²) in [6, 6.07) is 4.12. The van der Waals surface area contributed by atoms with Gasteiger partial charge in [-0.1, -0.05) is 32.4 Å². The van der Waals surface area contributed by atoms with E-state index in [0.717, 1.165) is 19.3 Å². The third-order valence-corrected chi connectivity index (χ3v) is 9.22. The fourth-order valence-electron chi connectivity index (χ4n) is 9.33. The van der Waals surface area contributed by atoms with Gasteiger partial charge in [0.2, 0.25) is 0 Å². The predicted octanol–water partition coefficient (Wildman–Crippen LogP) is 5.11. The first-order chi connectivity index (χ1) is 16.8. The van der Waals surface area contributed by atoms with Gasteiger partial charge in [0.1, 0.15) is 11.5 Å². The lowest BCUT2D eigenvalue weighted by molar-refractivity contribution is -0.155. The number of fused-ring (bicyclic) bond motifs is 1. The first kappa shape index (κ1) is 23.8. The van der Waals surface area contributed by atoms with Crippen molar-refractivity contribution in [2.75, 3.05) is 6.54 Å². The molecule has 4 saturated carbocycles. The Bertz CT molecular complexity index is 1250. The lowest BCUT2D eigenvalue weighted by Crippen LogP contribution is -2.68. The Labute approximate surface area is 215 Å². The summed E-state index contributed by atoms with van der Waals surface area (Å²) in [5.74, 6) is -1.18. The molecule has 2 heterocycles. The van der Waals surface area contributed by atoms with Gasteiger partial charge in [0, 0.05) is 17.6 Å². The molecule has 5 aliphatic rings. The molecule has 7 rings (SSSR count). The second-order valence-electron chi connectivity index (χ2n) is 13.0. The van der Waals surface area contributed by atoms with E-state index in [4.69, 9.17) is 17.3 Å². The SMILES string of the molecule is CC12CC3(C)CC(C)(C1)CC(NC(=O)N1CCn4nc(-c5ccc(F)c(Cl)c5)c(C(N)=O)c4C1)(C2)C3. The number of primary amides is 1. The molecule has 4 bridgehead atoms. The number of nitrogens with two attached hydrogens (primary N) is 1. The van der Waals surface area contributed by atoms with Crippen LogP contribution in [0.15, 0.2) is 18.2 Å². The second-order valence-corrected chi connectivity index (χ2v) is 13.4. The maximum absolute atomic E-state index is 13.7. The average molecular weight is 514 g/mol. The number of hydrogen-bond donors (Lipinski definition) is 2. The molecule has 1 aromatic carbocycles. The van der Waals surface area contributed by atoms with E-state index in [2.05, 4.69) is 31.2 Å². The van der Waals surface area contributed by atoms with Crippen LogP contribution in [0.25, 0.3) is 11.3 Å². The standard InChI is InChI=1S/C27H33ClFN5O2/c1-24-10-25(2)12-26(3,11-24)15-27(13-24,14-25)31-23(36)33-6-7-34-19(9-33)20(22(30)35)21(32-34)16-4-5-18(29)17(28)8-16/h4-5,8H,6-7,9-15H2,1-3H3,(H2,30,35)(H,31,36). The molecule has 1 aromatic heterocycles. The van der Waals surface area contributed by atoms with E-state index in [0.29, 0.717) is 30.0 Å². The number of hydrogen-bond acceptors (Lipinski definition) is 3. The van der Waals surface area contributed by atoms with Gasteiger partial charge in [-0.25, -0.2) is 9.18 Å². The number of carbonyl (C=O) groups is 2. The maximum atomic E-state index is 13.7. The summed E-state index contributed by atoms with van der Waals surface area (Å²) in [4.78, 5) is 27.9. The minimum atomic E-state index is -0.635. The highest BCUT2D eigenvalue weighted by Gasteiger charge is 2.64. The molecule has 7 nitrogen and oxygen atoms in total. The molecular weight excluding hydrogens is 481 g/mol. The summed E-state index contributed by atoms with van der Waals surface area (Å²) in [6.07, 6.45) is 6.75. The van der Waals surface area contributed by atoms with Gasteiger partial charge in [0.05, 0.1) is 29.4 Å². The van der Waals surface area contributed by atoms with Crippen molar-refractivity contribution in [3.05, 3.63) is 40.3 Å². The van der Waals surface area contributed by atoms with Gasteiger partial charge in [-0.2, -0.15) is 5.10 Å². The van der Waals surface area contributed by atoms with Crippen molar-refractivity contribution in [2.24, 2.45) is 22.0 Å². The van der Waals surface area contributed by atoms with Crippen molar-refractivity contribution >= 4 is 23.5 Å². The lowest BCUT2D eigenvalue weighted by atomic mass is 9.38. The molecule has 4 fully saturated rings. The third-order valence-electron chi connectivity index (χ3n) is 8.93. The number of aromatic nitrogens is 2. The molecule has 36 heavy (non-hydrogen) atoms. The largest absolute Gasteiger partial charge is 0.365 e. The molecule has 0 saturated heterocycles. The summed E-state index contributed by atoms with van der Waals surface area (Å²) in [5.41, 5.74) is 8.07. The minimum Gasteiger partial charge on any atom is -0.365 e. The number of rotatable bonds is 3. The molecule has 0 radical (unpaired) electrons. The molecule has 0 unspecified atom stereocenters. The fourth-order valence-corrected chi connectivity index (χ4v) is 9.51. The first-order valence-electron chi connectivity index (χ1n) is 12.7. The zero-order valence-electron chi connectivity index (χ0n) is 21.1. The van der Waals surface area contributed by atoms with Crippen LogP contribution in [0.5, 0.6) is 0 Å². The van der Waals surface area contributed by atoms with Crippen LogP contribution in [0, 0.1) is 22.1 Å². The van der Waals surface area contributed by atoms with Gasteiger partial charge in [0.25, 0.3) is 5.91 Å². The Kier molecular flexibility index (Phi) is 4.93. The molecule has 0 atom stereocenters. The molecule has 9 heteroatoms. The zero-order chi connectivity index (χ0) is 25.7. The normalized spacial score (nSPS) is 34.5. The van der Waals surface area contributed by atoms with Crippen molar-refractivity contribution in [3.63, 3.8) is 0 Å². The quantitative estimate of drug-likeness (QED) is 0.597. The van der Waals surface area contributed by atoms with Crippen LogP contribution >= 0.6 is 11.6 Å². The van der Waals surface area contributed by atoms with Crippen LogP contribution in [0.4, 0.5) is 9.18 Å². The average Bonchev–Trinajstić information content (AvgIpc) is 3.10. The zero-order valence-corrected chi connectivity index (χ0v) is 21.8. The Morgan fingerprint density at radius 3 is 2.19 bits per heavy atom. The predicted molar refractivity (Wildman–Crippen MR) is 135 cm³/mol. The number of nitrogens with one attached hydrogen (secondary N) is 1. The Morgan fingerprint density at radius 2 is 1.64 bits per heavy atom. The van der Waals surface area contributed by atoms with E-state index >= 15 is 0 Å². The van der Waals surface area contributed by atoms with E-state index in [1.54, 1.807) is 9.58 Å². The van der Waals surface area contributed by atoms with Crippen LogP contribution in [0.2, 0.25) is 5.02 Å². The van der Waals surface area contributed by atoms with Crippen LogP contribution in [0.1, 0.15) is 75.3 Å². The van der Waals surface area contributed by atoms with Crippen molar-refractivity contribution in [3.8, 4) is 11.3 Å². The summed E-state index contributed by atoms with van der Waals surface area (Å²) < 4.78 is 15.4. The number of nitrogens with zero attached hydrogens (tertiary/aromatic N) is 3. The van der Waals surface area contributed by atoms with Crippen molar-refractivity contribution in [1.29, 1.82) is 0 Å². The molecule has 3 amide bonds. The van der Waals surface area contributed by atoms with Crippen molar-refractivity contribution < 1.29 is 14.0 Å². The number of urea groups is 1. The molecule has 0 spiro atoms. The van der Waals surface area contributed by atoms with Gasteiger partial charge in [-0.05, 0) is 73.0 Å². The Morgan fingerprint density at radius 1 is 1.03 bits per heavy atom. The van der Waals surface area contributed by atoms with Crippen LogP contribution in [0.3, 0.4) is 0 Å². The van der Waals surface area contributed by atoms with E-state index < -0.39 is 11.7 Å². The van der Waals surface area contributed by atoms with Crippen molar-refractivity contribution in [2.45, 2.75) is 77.9 Å². The van der Waals surface area contributed by atoms with E-state index in [1.165, 1.54) is 37.5 Å². The van der Waals surface area contributed by atoms with Gasteiger partial charge in [-0.15, -0.1) is 0 Å². The first-order valence-corrected chi connectivity index (χ1v) is 13.1. The Hall–Kier alpha value is -2.61. The van der Waals surface area contributed by atoms with Gasteiger partial charge in [-0.3, -0.25) is 9.48 Å². The van der Waals surface area contributed by atoms with E-state index in [9.17, 15) is 14.0 Å². The highest BCUT2D eigenvalue weighted by molar-refractivity contribution is 6.31. The fraction of sp³-hybridized carbons (Fsp3) is 0.593. The maximum Gasteiger partial charge on any atom is 0.318 e. The summed E-state index contributed by atoms with van der Waals surface area (Å²) in [5, 5.41) is 8.02. The second kappa shape index (κ2) is 7.46. The summed E-state index contributed by atoms with van der Waals surface area (Å²) in [6.45, 7) is 8.33. The lowest BCUT2D eigenvalue weighted by Gasteiger charge is -2.69. The highest BCUT2D eigenvalue weighted by atomic mass is 35.5. The number of benzene rings is 1. The molecular formula is C27H33ClFN5O2. The van der Waals surface area contributed by atoms with Crippen LogP contribution in [-0.2, 0) is 13.1 Å². The van der Waals surface area contributed by atoms with Gasteiger partial charge >= 0.3 is 6.03 Å². The molecule has 2 aromatic rings. The summed E-state index contributed by atoms with van der Waals surface area (Å²) in [7, 11) is 0. The topological polar surface area (TPSA) is 93.2 Å². The van der Waals surface area contributed by atoms with Crippen LogP contribution < -0.4 is 11.1 Å². The van der Waals surface area contributed by atoms with Gasteiger partial charge < -0.3 is 16.0 Å². The number of halogens is 2. The third kappa shape index (κ3) is 3.71. The van der Waals surface area contributed by atoms with Crippen LogP contribution in [-0.4, -0.2) is 38.7 Å². The molecule has 192 valence electrons. The smallest absolute Gasteiger partial charge is 0.318 e. The van der Waals surface area contributed by atoms with Crippen molar-refractivity contribution in [1.82, 2.24) is 20.0 Å². The van der Waals surface area contributed by atoms with E-state index in [-0.39, 0.29) is 44.9 Å². The molecule has 1 aliphatic heterocycles. The minimum absolute atomic E-state index is 0.0541. The Balaban J connectivity index is 1.28. The van der Waals surface area contributed by atoms with E-state index in [1.807, 2.05) is 0 Å². The summed E-state index contributed by atoms with van der Waals surface area (Å²) >= 11 is 5.98. The number of carbonyl (C=O) groups excluding carboxylic acids is 2. The molecule has 3 N–H and O–H groups in total. The van der Waals surface area contributed by atoms with Gasteiger partial charge in [0.15, 0.2) is 0 Å².